The number of phenolic OH excluding ortho intramolecular Hbond substituents is 1. The van der Waals surface area contributed by atoms with Gasteiger partial charge in [0.25, 0.3) is 0 Å². The molecule has 2 amide bonds. The molecule has 0 aromatic heterocycles. The summed E-state index contributed by atoms with van der Waals surface area (Å²) in [6, 6.07) is 2.51. The van der Waals surface area contributed by atoms with Crippen molar-refractivity contribution < 1.29 is 37.4 Å². The Morgan fingerprint density at radius 1 is 1.29 bits per heavy atom. The quantitative estimate of drug-likeness (QED) is 0.727. The molecule has 1 aliphatic rings. The number of nitrogens with one attached hydrogen (secondary N) is 1. The highest BCUT2D eigenvalue weighted by Crippen LogP contribution is 2.37. The predicted octanol–water partition coefficient (Wildman–Crippen LogP) is 1.94. The fraction of sp³-hybridized carbons (Fsp3) is 0.429. The van der Waals surface area contributed by atoms with Crippen molar-refractivity contribution in [2.75, 3.05) is 13.1 Å². The summed E-state index contributed by atoms with van der Waals surface area (Å²) in [7, 11) is 0. The molecule has 1 aromatic carbocycles. The number of alkyl halides is 3. The van der Waals surface area contributed by atoms with Crippen LogP contribution in [0.25, 0.3) is 0 Å². The summed E-state index contributed by atoms with van der Waals surface area (Å²) < 4.78 is 51.7. The summed E-state index contributed by atoms with van der Waals surface area (Å²) in [6.07, 6.45) is -4.72. The van der Waals surface area contributed by atoms with Crippen LogP contribution < -0.4 is 5.32 Å². The SMILES string of the molecule is O=C(O)[C@@H]1CN(C(=O)NCc2ccc(O)c(F)c2)C[C@H]1C(F)(F)F. The summed E-state index contributed by atoms with van der Waals surface area (Å²) in [6.45, 7) is -1.49. The van der Waals surface area contributed by atoms with Gasteiger partial charge < -0.3 is 20.4 Å². The average molecular weight is 350 g/mol. The molecule has 0 saturated carbocycles. The van der Waals surface area contributed by atoms with Crippen LogP contribution in [0.1, 0.15) is 5.56 Å². The molecule has 10 heteroatoms. The fourth-order valence-corrected chi connectivity index (χ4v) is 2.50. The number of rotatable bonds is 3. The van der Waals surface area contributed by atoms with E-state index in [4.69, 9.17) is 10.2 Å². The topological polar surface area (TPSA) is 89.9 Å². The Kier molecular flexibility index (Phi) is 4.86. The molecule has 1 aromatic rings. The molecule has 0 aliphatic carbocycles. The van der Waals surface area contributed by atoms with Crippen molar-refractivity contribution in [3.05, 3.63) is 29.6 Å². The van der Waals surface area contributed by atoms with Crippen molar-refractivity contribution in [1.82, 2.24) is 10.2 Å². The maximum absolute atomic E-state index is 13.2. The van der Waals surface area contributed by atoms with Crippen LogP contribution in [0.5, 0.6) is 5.75 Å². The number of carboxylic acid groups (broad SMARTS) is 1. The number of aliphatic carboxylic acids is 1. The molecular weight excluding hydrogens is 336 g/mol. The van der Waals surface area contributed by atoms with Crippen molar-refractivity contribution in [3.63, 3.8) is 0 Å². The zero-order valence-electron chi connectivity index (χ0n) is 12.2. The van der Waals surface area contributed by atoms with Gasteiger partial charge in [0.15, 0.2) is 11.6 Å². The Morgan fingerprint density at radius 2 is 1.96 bits per heavy atom. The van der Waals surface area contributed by atoms with E-state index in [-0.39, 0.29) is 6.54 Å². The third-order valence-electron chi connectivity index (χ3n) is 3.80. The Hall–Kier alpha value is -2.52. The summed E-state index contributed by atoms with van der Waals surface area (Å²) in [5.74, 6) is -6.94. The molecule has 0 spiro atoms. The zero-order chi connectivity index (χ0) is 18.1. The smallest absolute Gasteiger partial charge is 0.394 e. The van der Waals surface area contributed by atoms with Gasteiger partial charge in [0, 0.05) is 19.6 Å². The number of aromatic hydroxyl groups is 1. The molecule has 1 fully saturated rings. The molecule has 0 radical (unpaired) electrons. The van der Waals surface area contributed by atoms with Crippen LogP contribution in [0, 0.1) is 17.7 Å². The van der Waals surface area contributed by atoms with Gasteiger partial charge in [-0.3, -0.25) is 4.79 Å². The van der Waals surface area contributed by atoms with E-state index in [2.05, 4.69) is 5.32 Å². The summed E-state index contributed by atoms with van der Waals surface area (Å²) >= 11 is 0. The highest BCUT2D eigenvalue weighted by atomic mass is 19.4. The number of carbonyl (C=O) groups is 2. The first-order valence-corrected chi connectivity index (χ1v) is 6.89. The first kappa shape index (κ1) is 17.8. The monoisotopic (exact) mass is 350 g/mol. The first-order chi connectivity index (χ1) is 11.1. The second-order valence-electron chi connectivity index (χ2n) is 5.44. The van der Waals surface area contributed by atoms with Crippen molar-refractivity contribution in [1.29, 1.82) is 0 Å². The van der Waals surface area contributed by atoms with Crippen LogP contribution in [0.15, 0.2) is 18.2 Å². The van der Waals surface area contributed by atoms with Crippen molar-refractivity contribution in [2.45, 2.75) is 12.7 Å². The first-order valence-electron chi connectivity index (χ1n) is 6.89. The molecule has 2 rings (SSSR count). The zero-order valence-corrected chi connectivity index (χ0v) is 12.2. The number of likely N-dealkylation sites (tertiary alicyclic amines) is 1. The van der Waals surface area contributed by atoms with Crippen molar-refractivity contribution in [2.24, 2.45) is 11.8 Å². The highest BCUT2D eigenvalue weighted by Gasteiger charge is 2.53. The Labute approximate surface area is 133 Å². The molecule has 1 aliphatic heterocycles. The van der Waals surface area contributed by atoms with Gasteiger partial charge in [0.05, 0.1) is 11.8 Å². The number of carboxylic acids is 1. The number of phenols is 1. The maximum atomic E-state index is 13.2. The lowest BCUT2D eigenvalue weighted by molar-refractivity contribution is -0.187. The number of nitrogens with zero attached hydrogens (tertiary/aromatic N) is 1. The molecule has 0 unspecified atom stereocenters. The van der Waals surface area contributed by atoms with Gasteiger partial charge in [-0.1, -0.05) is 6.07 Å². The van der Waals surface area contributed by atoms with Crippen LogP contribution in [-0.4, -0.2) is 46.4 Å². The van der Waals surface area contributed by atoms with Crippen LogP contribution >= 0.6 is 0 Å². The summed E-state index contributed by atoms with van der Waals surface area (Å²) in [4.78, 5) is 23.6. The van der Waals surface area contributed by atoms with Gasteiger partial charge in [-0.25, -0.2) is 9.18 Å². The number of amides is 2. The van der Waals surface area contributed by atoms with Gasteiger partial charge in [-0.05, 0) is 17.7 Å². The molecule has 3 N–H and O–H groups in total. The van der Waals surface area contributed by atoms with E-state index in [1.54, 1.807) is 0 Å². The average Bonchev–Trinajstić information content (AvgIpc) is 2.94. The Morgan fingerprint density at radius 3 is 2.46 bits per heavy atom. The lowest BCUT2D eigenvalue weighted by Gasteiger charge is -2.18. The van der Waals surface area contributed by atoms with Crippen molar-refractivity contribution >= 4 is 12.0 Å². The number of hydrogen-bond donors (Lipinski definition) is 3. The van der Waals surface area contributed by atoms with Crippen LogP contribution in [0.2, 0.25) is 0 Å². The van der Waals surface area contributed by atoms with Crippen LogP contribution in [-0.2, 0) is 11.3 Å². The Balaban J connectivity index is 2.00. The minimum atomic E-state index is -4.72. The van der Waals surface area contributed by atoms with Gasteiger partial charge in [0.2, 0.25) is 0 Å². The number of urea groups is 1. The standard InChI is InChI=1S/C14H14F4N2O4/c15-10-3-7(1-2-11(10)21)4-19-13(24)20-5-8(12(22)23)9(6-20)14(16,17)18/h1-3,8-9,21H,4-6H2,(H,19,24)(H,22,23)/t8-,9-/m1/s1. The normalized spacial score (nSPS) is 20.9. The van der Waals surface area contributed by atoms with Gasteiger partial charge >= 0.3 is 18.2 Å². The summed E-state index contributed by atoms with van der Waals surface area (Å²) in [5, 5.41) is 20.2. The Bertz CT molecular complexity index is 650. The number of carbonyl (C=O) groups excluding carboxylic acids is 1. The molecule has 6 nitrogen and oxygen atoms in total. The van der Waals surface area contributed by atoms with E-state index in [1.807, 2.05) is 0 Å². The van der Waals surface area contributed by atoms with Crippen LogP contribution in [0.4, 0.5) is 22.4 Å². The van der Waals surface area contributed by atoms with E-state index < -0.39 is 54.7 Å². The van der Waals surface area contributed by atoms with Crippen LogP contribution in [0.3, 0.4) is 0 Å². The lowest BCUT2D eigenvalue weighted by Crippen LogP contribution is -2.39. The number of benzene rings is 1. The second-order valence-corrected chi connectivity index (χ2v) is 5.44. The minimum Gasteiger partial charge on any atom is -0.505 e. The minimum absolute atomic E-state index is 0.180. The maximum Gasteiger partial charge on any atom is 0.394 e. The highest BCUT2D eigenvalue weighted by molar-refractivity contribution is 5.77. The van der Waals surface area contributed by atoms with E-state index in [9.17, 15) is 27.2 Å². The van der Waals surface area contributed by atoms with E-state index in [0.717, 1.165) is 17.0 Å². The second kappa shape index (κ2) is 6.54. The van der Waals surface area contributed by atoms with Crippen molar-refractivity contribution in [3.8, 4) is 5.75 Å². The van der Waals surface area contributed by atoms with E-state index in [1.165, 1.54) is 6.07 Å². The number of hydrogen-bond acceptors (Lipinski definition) is 3. The molecule has 132 valence electrons. The summed E-state index contributed by atoms with van der Waals surface area (Å²) in [5.41, 5.74) is 0.292. The third-order valence-corrected chi connectivity index (χ3v) is 3.80. The molecule has 1 saturated heterocycles. The van der Waals surface area contributed by atoms with Gasteiger partial charge in [0.1, 0.15) is 0 Å². The number of halogens is 4. The largest absolute Gasteiger partial charge is 0.505 e. The van der Waals surface area contributed by atoms with Gasteiger partial charge in [-0.2, -0.15) is 13.2 Å². The van der Waals surface area contributed by atoms with E-state index in [0.29, 0.717) is 5.56 Å². The molecule has 2 atom stereocenters. The lowest BCUT2D eigenvalue weighted by atomic mass is 9.96. The molecular formula is C14H14F4N2O4. The van der Waals surface area contributed by atoms with Gasteiger partial charge in [-0.15, -0.1) is 0 Å². The fourth-order valence-electron chi connectivity index (χ4n) is 2.50. The molecule has 0 bridgehead atoms. The third kappa shape index (κ3) is 3.87. The predicted molar refractivity (Wildman–Crippen MR) is 72.5 cm³/mol. The molecule has 1 heterocycles. The van der Waals surface area contributed by atoms with E-state index >= 15 is 0 Å². The molecule has 24 heavy (non-hydrogen) atoms.